The second-order valence-electron chi connectivity index (χ2n) is 5.34. The first-order valence-corrected chi connectivity index (χ1v) is 7.04. The van der Waals surface area contributed by atoms with Gasteiger partial charge in [0.2, 0.25) is 0 Å². The van der Waals surface area contributed by atoms with E-state index in [1.807, 2.05) is 6.07 Å². The molecule has 1 saturated heterocycles. The molecule has 0 radical (unpaired) electrons. The summed E-state index contributed by atoms with van der Waals surface area (Å²) in [6, 6.07) is 5.98. The van der Waals surface area contributed by atoms with Crippen LogP contribution in [-0.2, 0) is 6.54 Å². The van der Waals surface area contributed by atoms with Crippen LogP contribution in [-0.4, -0.2) is 29.2 Å². The Kier molecular flexibility index (Phi) is 4.15. The molecule has 1 aliphatic rings. The molecule has 1 fully saturated rings. The highest BCUT2D eigenvalue weighted by atomic mass is 19.2. The molecular weight excluding hydrogens is 276 g/mol. The van der Waals surface area contributed by atoms with E-state index in [4.69, 9.17) is 4.52 Å². The molecule has 2 aromatic rings. The van der Waals surface area contributed by atoms with Gasteiger partial charge in [-0.2, -0.15) is 0 Å². The predicted octanol–water partition coefficient (Wildman–Crippen LogP) is 3.03. The third-order valence-corrected chi connectivity index (χ3v) is 3.67. The van der Waals surface area contributed by atoms with Crippen molar-refractivity contribution >= 4 is 5.69 Å². The quantitative estimate of drug-likeness (QED) is 0.941. The normalized spacial score (nSPS) is 19.6. The number of aromatic nitrogens is 1. The van der Waals surface area contributed by atoms with Crippen molar-refractivity contribution in [3.05, 3.63) is 47.9 Å². The number of hydrogen-bond donors (Lipinski definition) is 1. The monoisotopic (exact) mass is 293 g/mol. The standard InChI is InChI=1S/C15H17F2N3O/c16-14-4-3-11(8-15(14)17)18-12-2-1-6-20(9-12)10-13-5-7-21-19-13/h3-5,7-8,12,18H,1-2,6,9-10H2. The zero-order chi connectivity index (χ0) is 14.7. The second-order valence-corrected chi connectivity index (χ2v) is 5.34. The van der Waals surface area contributed by atoms with Crippen LogP contribution >= 0.6 is 0 Å². The van der Waals surface area contributed by atoms with Gasteiger partial charge < -0.3 is 9.84 Å². The molecule has 3 rings (SSSR count). The smallest absolute Gasteiger partial charge is 0.160 e. The van der Waals surface area contributed by atoms with Crippen LogP contribution in [0.25, 0.3) is 0 Å². The van der Waals surface area contributed by atoms with Crippen molar-refractivity contribution < 1.29 is 13.3 Å². The Morgan fingerprint density at radius 2 is 2.19 bits per heavy atom. The molecule has 0 spiro atoms. The van der Waals surface area contributed by atoms with Crippen LogP contribution in [0, 0.1) is 11.6 Å². The van der Waals surface area contributed by atoms with Gasteiger partial charge in [0.1, 0.15) is 6.26 Å². The van der Waals surface area contributed by atoms with Crippen molar-refractivity contribution in [1.29, 1.82) is 0 Å². The number of rotatable bonds is 4. The Balaban J connectivity index is 1.59. The highest BCUT2D eigenvalue weighted by Gasteiger charge is 2.20. The fraction of sp³-hybridized carbons (Fsp3) is 0.400. The van der Waals surface area contributed by atoms with E-state index < -0.39 is 11.6 Å². The number of anilines is 1. The zero-order valence-electron chi connectivity index (χ0n) is 11.6. The molecule has 1 aromatic heterocycles. The third kappa shape index (κ3) is 3.58. The first-order chi connectivity index (χ1) is 10.2. The minimum absolute atomic E-state index is 0.218. The van der Waals surface area contributed by atoms with Gasteiger partial charge >= 0.3 is 0 Å². The average molecular weight is 293 g/mol. The summed E-state index contributed by atoms with van der Waals surface area (Å²) < 4.78 is 31.0. The van der Waals surface area contributed by atoms with E-state index in [0.29, 0.717) is 5.69 Å². The topological polar surface area (TPSA) is 41.3 Å². The molecule has 4 nitrogen and oxygen atoms in total. The maximum Gasteiger partial charge on any atom is 0.160 e. The molecule has 0 bridgehead atoms. The lowest BCUT2D eigenvalue weighted by Gasteiger charge is -2.33. The third-order valence-electron chi connectivity index (χ3n) is 3.67. The summed E-state index contributed by atoms with van der Waals surface area (Å²) in [6.07, 6.45) is 3.63. The van der Waals surface area contributed by atoms with Crippen molar-refractivity contribution in [2.75, 3.05) is 18.4 Å². The lowest BCUT2D eigenvalue weighted by molar-refractivity contribution is 0.203. The molecule has 1 aromatic carbocycles. The molecule has 1 unspecified atom stereocenters. The minimum atomic E-state index is -0.824. The fourth-order valence-electron chi connectivity index (χ4n) is 2.69. The van der Waals surface area contributed by atoms with E-state index in [1.165, 1.54) is 6.07 Å². The molecule has 21 heavy (non-hydrogen) atoms. The molecule has 0 amide bonds. The fourth-order valence-corrected chi connectivity index (χ4v) is 2.69. The Hall–Kier alpha value is -1.95. The van der Waals surface area contributed by atoms with E-state index in [2.05, 4.69) is 15.4 Å². The Bertz CT molecular complexity index is 589. The summed E-state index contributed by atoms with van der Waals surface area (Å²) in [5.74, 6) is -1.65. The van der Waals surface area contributed by atoms with Crippen molar-refractivity contribution in [2.45, 2.75) is 25.4 Å². The lowest BCUT2D eigenvalue weighted by atomic mass is 10.0. The lowest BCUT2D eigenvalue weighted by Crippen LogP contribution is -2.41. The van der Waals surface area contributed by atoms with Crippen LogP contribution in [0.2, 0.25) is 0 Å². The van der Waals surface area contributed by atoms with E-state index >= 15 is 0 Å². The molecule has 1 atom stereocenters. The van der Waals surface area contributed by atoms with Crippen molar-refractivity contribution in [2.24, 2.45) is 0 Å². The molecule has 1 N–H and O–H groups in total. The van der Waals surface area contributed by atoms with E-state index in [-0.39, 0.29) is 6.04 Å². The highest BCUT2D eigenvalue weighted by molar-refractivity contribution is 5.44. The Labute approximate surface area is 121 Å². The van der Waals surface area contributed by atoms with Crippen LogP contribution < -0.4 is 5.32 Å². The largest absolute Gasteiger partial charge is 0.381 e. The molecule has 0 aliphatic carbocycles. The summed E-state index contributed by atoms with van der Waals surface area (Å²) in [4.78, 5) is 2.28. The van der Waals surface area contributed by atoms with Gasteiger partial charge in [-0.1, -0.05) is 5.16 Å². The summed E-state index contributed by atoms with van der Waals surface area (Å²) in [6.45, 7) is 2.58. The molecule has 1 aliphatic heterocycles. The van der Waals surface area contributed by atoms with E-state index in [1.54, 1.807) is 12.3 Å². The summed E-state index contributed by atoms with van der Waals surface area (Å²) >= 11 is 0. The number of halogens is 2. The van der Waals surface area contributed by atoms with Gasteiger partial charge in [0, 0.05) is 37.0 Å². The maximum atomic E-state index is 13.2. The molecular formula is C15H17F2N3O. The minimum Gasteiger partial charge on any atom is -0.381 e. The van der Waals surface area contributed by atoms with Crippen molar-refractivity contribution in [1.82, 2.24) is 10.1 Å². The van der Waals surface area contributed by atoms with Gasteiger partial charge in [-0.15, -0.1) is 0 Å². The predicted molar refractivity (Wildman–Crippen MR) is 74.8 cm³/mol. The number of likely N-dealkylation sites (tertiary alicyclic amines) is 1. The first-order valence-electron chi connectivity index (χ1n) is 7.04. The summed E-state index contributed by atoms with van der Waals surface area (Å²) in [7, 11) is 0. The van der Waals surface area contributed by atoms with Crippen LogP contribution in [0.1, 0.15) is 18.5 Å². The SMILES string of the molecule is Fc1ccc(NC2CCCN(Cc3ccon3)C2)cc1F. The number of hydrogen-bond acceptors (Lipinski definition) is 4. The number of benzene rings is 1. The van der Waals surface area contributed by atoms with Crippen LogP contribution in [0.5, 0.6) is 0 Å². The highest BCUT2D eigenvalue weighted by Crippen LogP contribution is 2.19. The van der Waals surface area contributed by atoms with Crippen LogP contribution in [0.15, 0.2) is 35.1 Å². The molecule has 6 heteroatoms. The van der Waals surface area contributed by atoms with E-state index in [0.717, 1.165) is 44.2 Å². The van der Waals surface area contributed by atoms with Gasteiger partial charge in [0.25, 0.3) is 0 Å². The number of nitrogens with zero attached hydrogens (tertiary/aromatic N) is 2. The maximum absolute atomic E-state index is 13.2. The average Bonchev–Trinajstić information content (AvgIpc) is 2.96. The summed E-state index contributed by atoms with van der Waals surface area (Å²) in [5, 5.41) is 7.18. The second kappa shape index (κ2) is 6.22. The van der Waals surface area contributed by atoms with Gasteiger partial charge in [-0.3, -0.25) is 4.90 Å². The summed E-state index contributed by atoms with van der Waals surface area (Å²) in [5.41, 5.74) is 1.52. The van der Waals surface area contributed by atoms with Gasteiger partial charge in [-0.05, 0) is 31.5 Å². The molecule has 2 heterocycles. The molecule has 0 saturated carbocycles. The zero-order valence-corrected chi connectivity index (χ0v) is 11.6. The Morgan fingerprint density at radius 1 is 1.29 bits per heavy atom. The van der Waals surface area contributed by atoms with Gasteiger partial charge in [0.05, 0.1) is 5.69 Å². The van der Waals surface area contributed by atoms with Gasteiger partial charge in [-0.25, -0.2) is 8.78 Å². The molecule has 112 valence electrons. The van der Waals surface area contributed by atoms with Gasteiger partial charge in [0.15, 0.2) is 11.6 Å². The van der Waals surface area contributed by atoms with E-state index in [9.17, 15) is 8.78 Å². The number of piperidine rings is 1. The van der Waals surface area contributed by atoms with Crippen LogP contribution in [0.3, 0.4) is 0 Å². The Morgan fingerprint density at radius 3 is 2.95 bits per heavy atom. The van der Waals surface area contributed by atoms with Crippen LogP contribution in [0.4, 0.5) is 14.5 Å². The van der Waals surface area contributed by atoms with Crippen molar-refractivity contribution in [3.63, 3.8) is 0 Å². The van der Waals surface area contributed by atoms with Crippen molar-refractivity contribution in [3.8, 4) is 0 Å². The number of nitrogens with one attached hydrogen (secondary N) is 1. The first kappa shape index (κ1) is 14.0.